The molecule has 0 saturated carbocycles. The quantitative estimate of drug-likeness (QED) is 0.869. The molecule has 1 fully saturated rings. The number of nitrogens with two attached hydrogens (primary N) is 1. The zero-order valence-electron chi connectivity index (χ0n) is 11.8. The van der Waals surface area contributed by atoms with Crippen LogP contribution in [0, 0.1) is 6.92 Å². The number of carbonyl (C=O) groups excluding carboxylic acids is 1. The topological polar surface area (TPSA) is 98.5 Å². The van der Waals surface area contributed by atoms with Crippen molar-refractivity contribution in [3.8, 4) is 0 Å². The molecule has 1 aromatic carbocycles. The van der Waals surface area contributed by atoms with Crippen molar-refractivity contribution in [2.75, 3.05) is 13.2 Å². The van der Waals surface area contributed by atoms with Crippen molar-refractivity contribution in [2.24, 2.45) is 5.14 Å². The number of primary sulfonamides is 1. The second-order valence-corrected chi connectivity index (χ2v) is 7.38. The standard InChI is InChI=1S/C13H17ClN2O4S/c1-8-5-9(6-10(11(8)14)21(15,18)19)12(17)16-13(2)3-4-20-7-13/h5-6H,3-4,7H2,1-2H3,(H,16,17)(H2,15,18,19). The highest BCUT2D eigenvalue weighted by molar-refractivity contribution is 7.89. The zero-order valence-corrected chi connectivity index (χ0v) is 13.3. The predicted molar refractivity (Wildman–Crippen MR) is 78.9 cm³/mol. The highest BCUT2D eigenvalue weighted by atomic mass is 35.5. The van der Waals surface area contributed by atoms with E-state index < -0.39 is 15.6 Å². The molecule has 1 saturated heterocycles. The molecule has 1 atom stereocenters. The van der Waals surface area contributed by atoms with Crippen molar-refractivity contribution in [1.82, 2.24) is 5.32 Å². The maximum atomic E-state index is 12.3. The lowest BCUT2D eigenvalue weighted by molar-refractivity contribution is 0.0889. The van der Waals surface area contributed by atoms with Gasteiger partial charge < -0.3 is 10.1 Å². The van der Waals surface area contributed by atoms with Crippen LogP contribution in [-0.4, -0.2) is 33.1 Å². The summed E-state index contributed by atoms with van der Waals surface area (Å²) >= 11 is 5.94. The van der Waals surface area contributed by atoms with Gasteiger partial charge in [0.15, 0.2) is 0 Å². The molecule has 0 aromatic heterocycles. The smallest absolute Gasteiger partial charge is 0.251 e. The number of hydrogen-bond acceptors (Lipinski definition) is 4. The third kappa shape index (κ3) is 3.55. The van der Waals surface area contributed by atoms with Crippen molar-refractivity contribution in [1.29, 1.82) is 0 Å². The number of halogens is 1. The molecule has 1 aromatic rings. The first-order valence-corrected chi connectivity index (χ1v) is 8.28. The second kappa shape index (κ2) is 5.57. The van der Waals surface area contributed by atoms with Crippen LogP contribution in [0.1, 0.15) is 29.3 Å². The molecule has 1 heterocycles. The van der Waals surface area contributed by atoms with E-state index in [1.54, 1.807) is 6.92 Å². The first kappa shape index (κ1) is 16.2. The molecule has 0 radical (unpaired) electrons. The summed E-state index contributed by atoms with van der Waals surface area (Å²) in [5.41, 5.74) is 0.224. The van der Waals surface area contributed by atoms with Crippen molar-refractivity contribution < 1.29 is 17.9 Å². The van der Waals surface area contributed by atoms with Crippen molar-refractivity contribution in [2.45, 2.75) is 30.7 Å². The lowest BCUT2D eigenvalue weighted by atomic mass is 10.0. The maximum absolute atomic E-state index is 12.3. The number of aryl methyl sites for hydroxylation is 1. The molecule has 0 aliphatic carbocycles. The normalized spacial score (nSPS) is 22.3. The highest BCUT2D eigenvalue weighted by Crippen LogP contribution is 2.26. The Balaban J connectivity index is 2.36. The van der Waals surface area contributed by atoms with Crippen LogP contribution in [0.5, 0.6) is 0 Å². The minimum absolute atomic E-state index is 0.0319. The molecule has 2 rings (SSSR count). The fraction of sp³-hybridized carbons (Fsp3) is 0.462. The Kier molecular flexibility index (Phi) is 4.30. The van der Waals surface area contributed by atoms with E-state index in [2.05, 4.69) is 5.32 Å². The number of rotatable bonds is 3. The molecule has 8 heteroatoms. The SMILES string of the molecule is Cc1cc(C(=O)NC2(C)CCOC2)cc(S(N)(=O)=O)c1Cl. The van der Waals surface area contributed by atoms with Crippen LogP contribution in [0.4, 0.5) is 0 Å². The molecular weight excluding hydrogens is 316 g/mol. The molecule has 1 aliphatic heterocycles. The maximum Gasteiger partial charge on any atom is 0.251 e. The summed E-state index contributed by atoms with van der Waals surface area (Å²) in [5, 5.41) is 8.01. The number of amides is 1. The zero-order chi connectivity index (χ0) is 15.8. The summed E-state index contributed by atoms with van der Waals surface area (Å²) < 4.78 is 28.3. The number of sulfonamides is 1. The Bertz CT molecular complexity index is 682. The first-order chi connectivity index (χ1) is 9.62. The van der Waals surface area contributed by atoms with E-state index in [4.69, 9.17) is 21.5 Å². The van der Waals surface area contributed by atoms with E-state index in [-0.39, 0.29) is 21.4 Å². The van der Waals surface area contributed by atoms with Gasteiger partial charge in [-0.05, 0) is 38.0 Å². The van der Waals surface area contributed by atoms with Gasteiger partial charge in [-0.3, -0.25) is 4.79 Å². The Morgan fingerprint density at radius 1 is 1.48 bits per heavy atom. The van der Waals surface area contributed by atoms with Gasteiger partial charge >= 0.3 is 0 Å². The number of nitrogens with one attached hydrogen (secondary N) is 1. The van der Waals surface area contributed by atoms with E-state index in [9.17, 15) is 13.2 Å². The van der Waals surface area contributed by atoms with Crippen LogP contribution in [0.25, 0.3) is 0 Å². The molecule has 1 unspecified atom stereocenters. The van der Waals surface area contributed by atoms with Crippen LogP contribution in [0.15, 0.2) is 17.0 Å². The highest BCUT2D eigenvalue weighted by Gasteiger charge is 2.32. The summed E-state index contributed by atoms with van der Waals surface area (Å²) in [6.07, 6.45) is 0.702. The second-order valence-electron chi connectivity index (χ2n) is 5.47. The molecular formula is C13H17ClN2O4S. The van der Waals surface area contributed by atoms with Gasteiger partial charge in [0.1, 0.15) is 4.90 Å². The van der Waals surface area contributed by atoms with E-state index in [0.717, 1.165) is 0 Å². The van der Waals surface area contributed by atoms with Gasteiger partial charge in [0.25, 0.3) is 5.91 Å². The summed E-state index contributed by atoms with van der Waals surface area (Å²) in [7, 11) is -3.99. The summed E-state index contributed by atoms with van der Waals surface area (Å²) in [6.45, 7) is 4.50. The minimum Gasteiger partial charge on any atom is -0.379 e. The van der Waals surface area contributed by atoms with Gasteiger partial charge in [-0.15, -0.1) is 0 Å². The van der Waals surface area contributed by atoms with Gasteiger partial charge in [0, 0.05) is 12.2 Å². The molecule has 3 N–H and O–H groups in total. The first-order valence-electron chi connectivity index (χ1n) is 6.36. The van der Waals surface area contributed by atoms with Crippen LogP contribution < -0.4 is 10.5 Å². The van der Waals surface area contributed by atoms with Crippen molar-refractivity contribution in [3.63, 3.8) is 0 Å². The van der Waals surface area contributed by atoms with E-state index in [1.165, 1.54) is 12.1 Å². The Hall–Kier alpha value is -1.15. The van der Waals surface area contributed by atoms with Gasteiger partial charge in [0.2, 0.25) is 10.0 Å². The van der Waals surface area contributed by atoms with Crippen molar-refractivity contribution in [3.05, 3.63) is 28.3 Å². The molecule has 21 heavy (non-hydrogen) atoms. The minimum atomic E-state index is -3.99. The number of carbonyl (C=O) groups is 1. The Morgan fingerprint density at radius 2 is 2.14 bits per heavy atom. The van der Waals surface area contributed by atoms with Gasteiger partial charge in [-0.2, -0.15) is 0 Å². The van der Waals surface area contributed by atoms with Crippen molar-refractivity contribution >= 4 is 27.5 Å². The van der Waals surface area contributed by atoms with Gasteiger partial charge in [-0.1, -0.05) is 11.6 Å². The van der Waals surface area contributed by atoms with E-state index >= 15 is 0 Å². The largest absolute Gasteiger partial charge is 0.379 e. The average Bonchev–Trinajstić information content (AvgIpc) is 2.77. The molecule has 1 aliphatic rings. The molecule has 0 bridgehead atoms. The van der Waals surface area contributed by atoms with Crippen LogP contribution in [0.3, 0.4) is 0 Å². The molecule has 0 spiro atoms. The molecule has 1 amide bonds. The third-order valence-electron chi connectivity index (χ3n) is 3.42. The fourth-order valence-corrected chi connectivity index (χ4v) is 3.32. The monoisotopic (exact) mass is 332 g/mol. The summed E-state index contributed by atoms with van der Waals surface area (Å²) in [4.78, 5) is 12.1. The van der Waals surface area contributed by atoms with Crippen LogP contribution >= 0.6 is 11.6 Å². The molecule has 116 valence electrons. The van der Waals surface area contributed by atoms with Crippen LogP contribution in [-0.2, 0) is 14.8 Å². The van der Waals surface area contributed by atoms with E-state index in [1.807, 2.05) is 6.92 Å². The Labute approximate surface area is 128 Å². The molecule has 6 nitrogen and oxygen atoms in total. The lowest BCUT2D eigenvalue weighted by Crippen LogP contribution is -2.46. The predicted octanol–water partition coefficient (Wildman–Crippen LogP) is 1.20. The lowest BCUT2D eigenvalue weighted by Gasteiger charge is -2.23. The fourth-order valence-electron chi connectivity index (χ4n) is 2.19. The summed E-state index contributed by atoms with van der Waals surface area (Å²) in [5.74, 6) is -0.382. The van der Waals surface area contributed by atoms with Gasteiger partial charge in [0.05, 0.1) is 17.2 Å². The van der Waals surface area contributed by atoms with E-state index in [0.29, 0.717) is 25.2 Å². The van der Waals surface area contributed by atoms with Crippen LogP contribution in [0.2, 0.25) is 5.02 Å². The number of ether oxygens (including phenoxy) is 1. The summed E-state index contributed by atoms with van der Waals surface area (Å²) in [6, 6.07) is 2.73. The number of hydrogen-bond donors (Lipinski definition) is 2. The third-order valence-corrected chi connectivity index (χ3v) is 4.97. The Morgan fingerprint density at radius 3 is 2.67 bits per heavy atom. The average molecular weight is 333 g/mol. The number of benzene rings is 1. The van der Waals surface area contributed by atoms with Gasteiger partial charge in [-0.25, -0.2) is 13.6 Å².